The lowest BCUT2D eigenvalue weighted by atomic mass is 10.1. The van der Waals surface area contributed by atoms with Crippen LogP contribution in [0.15, 0.2) is 65.8 Å². The van der Waals surface area contributed by atoms with Gasteiger partial charge in [-0.25, -0.2) is 13.1 Å². The zero-order valence-corrected chi connectivity index (χ0v) is 19.4. The maximum absolute atomic E-state index is 12.9. The summed E-state index contributed by atoms with van der Waals surface area (Å²) in [7, 11) is -2.55. The van der Waals surface area contributed by atoms with E-state index in [1.807, 2.05) is 19.2 Å². The van der Waals surface area contributed by atoms with Gasteiger partial charge in [-0.15, -0.1) is 0 Å². The molecule has 1 amide bonds. The third-order valence-corrected chi connectivity index (χ3v) is 6.44. The molecule has 8 nitrogen and oxygen atoms in total. The van der Waals surface area contributed by atoms with Crippen LogP contribution in [0.3, 0.4) is 0 Å². The number of sulfonamides is 1. The van der Waals surface area contributed by atoms with Crippen molar-refractivity contribution in [2.24, 2.45) is 5.92 Å². The Morgan fingerprint density at radius 2 is 1.97 bits per heavy atom. The number of nitrogens with zero attached hydrogens (tertiary/aromatic N) is 2. The van der Waals surface area contributed by atoms with Crippen LogP contribution in [0.5, 0.6) is 5.75 Å². The highest BCUT2D eigenvalue weighted by Gasteiger charge is 2.22. The summed E-state index contributed by atoms with van der Waals surface area (Å²) >= 11 is 5.87. The Kier molecular flexibility index (Phi) is 7.89. The molecule has 0 saturated heterocycles. The monoisotopic (exact) mass is 476 g/mol. The van der Waals surface area contributed by atoms with E-state index in [0.29, 0.717) is 18.1 Å². The van der Waals surface area contributed by atoms with Crippen LogP contribution in [-0.2, 0) is 23.1 Å². The number of amides is 1. The molecule has 3 aromatic rings. The summed E-state index contributed by atoms with van der Waals surface area (Å²) < 4.78 is 35.4. The van der Waals surface area contributed by atoms with E-state index < -0.39 is 10.0 Å². The minimum Gasteiger partial charge on any atom is -0.495 e. The average molecular weight is 477 g/mol. The van der Waals surface area contributed by atoms with Crippen molar-refractivity contribution in [3.8, 4) is 5.75 Å². The lowest BCUT2D eigenvalue weighted by molar-refractivity contribution is 0.0946. The van der Waals surface area contributed by atoms with Gasteiger partial charge in [-0.3, -0.25) is 9.48 Å². The van der Waals surface area contributed by atoms with Crippen molar-refractivity contribution in [3.63, 3.8) is 0 Å². The molecule has 0 aliphatic carbocycles. The number of nitrogens with one attached hydrogen (secondary N) is 2. The average Bonchev–Trinajstić information content (AvgIpc) is 3.29. The molecule has 2 aromatic carbocycles. The minimum absolute atomic E-state index is 0.0734. The van der Waals surface area contributed by atoms with Crippen LogP contribution in [0, 0.1) is 5.92 Å². The first kappa shape index (κ1) is 23.8. The van der Waals surface area contributed by atoms with Crippen LogP contribution >= 0.6 is 11.6 Å². The quantitative estimate of drug-likeness (QED) is 0.468. The molecule has 0 radical (unpaired) electrons. The van der Waals surface area contributed by atoms with Crippen LogP contribution in [0.2, 0.25) is 5.02 Å². The highest BCUT2D eigenvalue weighted by atomic mass is 35.5. The smallest absolute Gasteiger partial charge is 0.251 e. The second-order valence-corrected chi connectivity index (χ2v) is 9.53. The van der Waals surface area contributed by atoms with Crippen molar-refractivity contribution >= 4 is 27.5 Å². The predicted octanol–water partition coefficient (Wildman–Crippen LogP) is 3.09. The number of hydrogen-bond donors (Lipinski definition) is 2. The highest BCUT2D eigenvalue weighted by molar-refractivity contribution is 7.89. The van der Waals surface area contributed by atoms with Gasteiger partial charge in [-0.05, 0) is 47.9 Å². The maximum atomic E-state index is 12.9. The largest absolute Gasteiger partial charge is 0.495 e. The van der Waals surface area contributed by atoms with E-state index >= 15 is 0 Å². The van der Waals surface area contributed by atoms with Crippen LogP contribution < -0.4 is 14.8 Å². The maximum Gasteiger partial charge on any atom is 0.251 e. The molecular weight excluding hydrogens is 452 g/mol. The summed E-state index contributed by atoms with van der Waals surface area (Å²) in [6.07, 6.45) is 3.56. The van der Waals surface area contributed by atoms with Crippen molar-refractivity contribution in [3.05, 3.63) is 77.1 Å². The van der Waals surface area contributed by atoms with Gasteiger partial charge < -0.3 is 10.1 Å². The number of carbonyl (C=O) groups is 1. The van der Waals surface area contributed by atoms with E-state index in [9.17, 15) is 13.2 Å². The molecule has 3 rings (SSSR count). The molecule has 1 heterocycles. The molecule has 0 fully saturated rings. The van der Waals surface area contributed by atoms with E-state index in [1.54, 1.807) is 35.1 Å². The zero-order chi connectivity index (χ0) is 23.1. The van der Waals surface area contributed by atoms with Crippen LogP contribution in [0.1, 0.15) is 22.8 Å². The SMILES string of the molecule is COc1ccc(C(=O)NCC(C)Cn2cccn2)cc1S(=O)(=O)NCc1ccc(Cl)cc1. The van der Waals surface area contributed by atoms with Gasteiger partial charge in [0.05, 0.1) is 7.11 Å². The Hall–Kier alpha value is -2.88. The Balaban J connectivity index is 1.69. The Morgan fingerprint density at radius 3 is 2.62 bits per heavy atom. The van der Waals surface area contributed by atoms with Crippen LogP contribution in [0.4, 0.5) is 0 Å². The first-order valence-corrected chi connectivity index (χ1v) is 11.8. The van der Waals surface area contributed by atoms with Crippen molar-refractivity contribution < 1.29 is 17.9 Å². The van der Waals surface area contributed by atoms with Crippen LogP contribution in [-0.4, -0.2) is 37.8 Å². The summed E-state index contributed by atoms with van der Waals surface area (Å²) in [6, 6.07) is 13.0. The molecule has 1 unspecified atom stereocenters. The summed E-state index contributed by atoms with van der Waals surface area (Å²) in [5.41, 5.74) is 0.973. The van der Waals surface area contributed by atoms with Gasteiger partial charge in [0.2, 0.25) is 10.0 Å². The molecule has 0 aliphatic rings. The fraction of sp³-hybridized carbons (Fsp3) is 0.273. The number of ether oxygens (including phenoxy) is 1. The first-order chi connectivity index (χ1) is 15.3. The summed E-state index contributed by atoms with van der Waals surface area (Å²) in [5, 5.41) is 7.56. The molecule has 1 atom stereocenters. The van der Waals surface area contributed by atoms with E-state index in [0.717, 1.165) is 5.56 Å². The van der Waals surface area contributed by atoms with Gasteiger partial charge in [0, 0.05) is 42.6 Å². The van der Waals surface area contributed by atoms with E-state index in [2.05, 4.69) is 15.1 Å². The van der Waals surface area contributed by atoms with Crippen molar-refractivity contribution in [2.45, 2.75) is 24.9 Å². The van der Waals surface area contributed by atoms with E-state index in [-0.39, 0.29) is 34.6 Å². The third-order valence-electron chi connectivity index (χ3n) is 4.76. The fourth-order valence-corrected chi connectivity index (χ4v) is 4.38. The standard InChI is InChI=1S/C22H25ClN4O4S/c1-16(15-27-11-3-10-25-27)13-24-22(28)18-6-9-20(31-2)21(12-18)32(29,30)26-14-17-4-7-19(23)8-5-17/h3-12,16,26H,13-15H2,1-2H3,(H,24,28). The normalized spacial score (nSPS) is 12.3. The summed E-state index contributed by atoms with van der Waals surface area (Å²) in [4.78, 5) is 12.5. The number of benzene rings is 2. The molecule has 0 spiro atoms. The van der Waals surface area contributed by atoms with Gasteiger partial charge in [0.1, 0.15) is 10.6 Å². The van der Waals surface area contributed by atoms with Gasteiger partial charge in [-0.1, -0.05) is 30.7 Å². The topological polar surface area (TPSA) is 102 Å². The fourth-order valence-electron chi connectivity index (χ4n) is 3.05. The lowest BCUT2D eigenvalue weighted by Crippen LogP contribution is -2.30. The Bertz CT molecular complexity index is 1150. The number of rotatable bonds is 10. The molecule has 1 aromatic heterocycles. The Morgan fingerprint density at radius 1 is 1.22 bits per heavy atom. The summed E-state index contributed by atoms with van der Waals surface area (Å²) in [6.45, 7) is 3.14. The molecule has 32 heavy (non-hydrogen) atoms. The van der Waals surface area contributed by atoms with Crippen molar-refractivity contribution in [1.29, 1.82) is 0 Å². The van der Waals surface area contributed by atoms with E-state index in [1.165, 1.54) is 25.3 Å². The number of aromatic nitrogens is 2. The van der Waals surface area contributed by atoms with Gasteiger partial charge >= 0.3 is 0 Å². The number of methoxy groups -OCH3 is 1. The molecule has 170 valence electrons. The minimum atomic E-state index is -3.93. The second-order valence-electron chi connectivity index (χ2n) is 7.36. The molecule has 0 aliphatic heterocycles. The van der Waals surface area contributed by atoms with Gasteiger partial charge in [0.25, 0.3) is 5.91 Å². The number of halogens is 1. The molecular formula is C22H25ClN4O4S. The second kappa shape index (κ2) is 10.6. The van der Waals surface area contributed by atoms with Crippen molar-refractivity contribution in [1.82, 2.24) is 19.8 Å². The lowest BCUT2D eigenvalue weighted by Gasteiger charge is -2.15. The molecule has 2 N–H and O–H groups in total. The Labute approximate surface area is 192 Å². The highest BCUT2D eigenvalue weighted by Crippen LogP contribution is 2.25. The van der Waals surface area contributed by atoms with Crippen molar-refractivity contribution in [2.75, 3.05) is 13.7 Å². The molecule has 10 heteroatoms. The molecule has 0 saturated carbocycles. The molecule has 0 bridgehead atoms. The summed E-state index contributed by atoms with van der Waals surface area (Å²) in [5.74, 6) is -0.0762. The number of hydrogen-bond acceptors (Lipinski definition) is 5. The zero-order valence-electron chi connectivity index (χ0n) is 17.8. The number of carbonyl (C=O) groups excluding carboxylic acids is 1. The van der Waals surface area contributed by atoms with E-state index in [4.69, 9.17) is 16.3 Å². The first-order valence-electron chi connectivity index (χ1n) is 9.96. The van der Waals surface area contributed by atoms with Gasteiger partial charge in [-0.2, -0.15) is 5.10 Å². The van der Waals surface area contributed by atoms with Crippen LogP contribution in [0.25, 0.3) is 0 Å². The van der Waals surface area contributed by atoms with Gasteiger partial charge in [0.15, 0.2) is 0 Å². The third kappa shape index (κ3) is 6.32. The predicted molar refractivity (Wildman–Crippen MR) is 122 cm³/mol.